The first kappa shape index (κ1) is 13.6. The smallest absolute Gasteiger partial charge is 0.131 e. The third kappa shape index (κ3) is 4.10. The number of rotatable bonds is 6. The topological polar surface area (TPSA) is 49.8 Å². The molecule has 19 heavy (non-hydrogen) atoms. The molecule has 0 saturated carbocycles. The van der Waals surface area contributed by atoms with Crippen molar-refractivity contribution in [1.82, 2.24) is 9.97 Å². The van der Waals surface area contributed by atoms with Gasteiger partial charge in [0.15, 0.2) is 0 Å². The molecule has 5 heteroatoms. The van der Waals surface area contributed by atoms with Crippen molar-refractivity contribution in [3.05, 3.63) is 47.2 Å². The molecule has 0 aliphatic rings. The summed E-state index contributed by atoms with van der Waals surface area (Å²) in [5.74, 6) is 1.62. The molecule has 2 aromatic rings. The maximum atomic E-state index is 6.11. The highest BCUT2D eigenvalue weighted by Gasteiger charge is 2.01. The zero-order valence-electron chi connectivity index (χ0n) is 10.9. The Balaban J connectivity index is 1.98. The van der Waals surface area contributed by atoms with Crippen molar-refractivity contribution < 1.29 is 0 Å². The van der Waals surface area contributed by atoms with Gasteiger partial charge in [0.2, 0.25) is 0 Å². The van der Waals surface area contributed by atoms with E-state index in [1.54, 1.807) is 6.33 Å². The van der Waals surface area contributed by atoms with E-state index in [1.165, 1.54) is 0 Å². The summed E-state index contributed by atoms with van der Waals surface area (Å²) in [4.78, 5) is 8.35. The third-order valence-corrected chi connectivity index (χ3v) is 3.01. The quantitative estimate of drug-likeness (QED) is 0.847. The van der Waals surface area contributed by atoms with Crippen molar-refractivity contribution in [3.63, 3.8) is 0 Å². The van der Waals surface area contributed by atoms with E-state index < -0.39 is 0 Å². The molecule has 1 aromatic heterocycles. The highest BCUT2D eigenvalue weighted by molar-refractivity contribution is 6.31. The lowest BCUT2D eigenvalue weighted by Crippen LogP contribution is -2.05. The molecule has 100 valence electrons. The van der Waals surface area contributed by atoms with Gasteiger partial charge in [-0.25, -0.2) is 9.97 Å². The van der Waals surface area contributed by atoms with E-state index in [0.29, 0.717) is 6.54 Å². The Morgan fingerprint density at radius 3 is 2.58 bits per heavy atom. The Hall–Kier alpha value is -1.81. The van der Waals surface area contributed by atoms with Gasteiger partial charge in [0, 0.05) is 24.2 Å². The average Bonchev–Trinajstić information content (AvgIpc) is 2.45. The summed E-state index contributed by atoms with van der Waals surface area (Å²) in [6.07, 6.45) is 2.61. The molecule has 0 unspecified atom stereocenters. The molecule has 4 nitrogen and oxygen atoms in total. The summed E-state index contributed by atoms with van der Waals surface area (Å²) in [7, 11) is 0. The monoisotopic (exact) mass is 276 g/mol. The van der Waals surface area contributed by atoms with Crippen LogP contribution in [0, 0.1) is 0 Å². The molecule has 1 aromatic carbocycles. The van der Waals surface area contributed by atoms with Crippen molar-refractivity contribution in [2.45, 2.75) is 19.9 Å². The number of nitrogens with one attached hydrogen (secondary N) is 2. The molecule has 1 heterocycles. The molecule has 0 amide bonds. The van der Waals surface area contributed by atoms with Crippen LogP contribution in [0.3, 0.4) is 0 Å². The predicted octanol–water partition coefficient (Wildman–Crippen LogP) is 3.56. The Bertz CT molecular complexity index is 530. The second-order valence-corrected chi connectivity index (χ2v) is 4.57. The second kappa shape index (κ2) is 6.95. The maximum Gasteiger partial charge on any atom is 0.131 e. The molecular formula is C14H17ClN4. The van der Waals surface area contributed by atoms with Crippen molar-refractivity contribution in [2.24, 2.45) is 0 Å². The van der Waals surface area contributed by atoms with E-state index in [9.17, 15) is 0 Å². The summed E-state index contributed by atoms with van der Waals surface area (Å²) >= 11 is 6.11. The fraction of sp³-hybridized carbons (Fsp3) is 0.286. The first-order chi connectivity index (χ1) is 9.29. The lowest BCUT2D eigenvalue weighted by Gasteiger charge is -2.09. The number of aromatic nitrogens is 2. The Morgan fingerprint density at radius 1 is 1.11 bits per heavy atom. The molecule has 0 aliphatic carbocycles. The molecular weight excluding hydrogens is 260 g/mol. The zero-order valence-corrected chi connectivity index (χ0v) is 11.6. The number of halogens is 1. The van der Waals surface area contributed by atoms with Gasteiger partial charge in [0.05, 0.1) is 0 Å². The van der Waals surface area contributed by atoms with E-state index in [2.05, 4.69) is 27.5 Å². The van der Waals surface area contributed by atoms with Crippen LogP contribution in [-0.4, -0.2) is 16.5 Å². The molecule has 2 N–H and O–H groups in total. The number of anilines is 2. The van der Waals surface area contributed by atoms with Gasteiger partial charge in [-0.1, -0.05) is 36.7 Å². The normalized spacial score (nSPS) is 10.2. The summed E-state index contributed by atoms with van der Waals surface area (Å²) in [5.41, 5.74) is 1.05. The first-order valence-corrected chi connectivity index (χ1v) is 6.70. The van der Waals surface area contributed by atoms with Crippen LogP contribution in [0.15, 0.2) is 36.7 Å². The second-order valence-electron chi connectivity index (χ2n) is 4.16. The van der Waals surface area contributed by atoms with Crippen LogP contribution in [0.25, 0.3) is 0 Å². The fourth-order valence-corrected chi connectivity index (χ4v) is 1.83. The molecule has 0 atom stereocenters. The minimum Gasteiger partial charge on any atom is -0.370 e. The lowest BCUT2D eigenvalue weighted by molar-refractivity contribution is 0.963. The van der Waals surface area contributed by atoms with Crippen molar-refractivity contribution in [2.75, 3.05) is 17.2 Å². The van der Waals surface area contributed by atoms with Crippen molar-refractivity contribution in [3.8, 4) is 0 Å². The first-order valence-electron chi connectivity index (χ1n) is 6.33. The van der Waals surface area contributed by atoms with Crippen LogP contribution < -0.4 is 10.6 Å². The predicted molar refractivity (Wildman–Crippen MR) is 79.6 cm³/mol. The molecule has 2 rings (SSSR count). The van der Waals surface area contributed by atoms with Gasteiger partial charge in [-0.15, -0.1) is 0 Å². The largest absolute Gasteiger partial charge is 0.370 e. The van der Waals surface area contributed by atoms with Gasteiger partial charge in [0.25, 0.3) is 0 Å². The molecule has 0 spiro atoms. The SMILES string of the molecule is CCCNc1cc(NCc2ccccc2Cl)ncn1. The van der Waals surface area contributed by atoms with Crippen LogP contribution in [0.2, 0.25) is 5.02 Å². The van der Waals surface area contributed by atoms with E-state index in [0.717, 1.165) is 35.2 Å². The minimum absolute atomic E-state index is 0.643. The van der Waals surface area contributed by atoms with Gasteiger partial charge in [-0.05, 0) is 18.1 Å². The number of hydrogen-bond acceptors (Lipinski definition) is 4. The Labute approximate surface area is 118 Å². The van der Waals surface area contributed by atoms with Gasteiger partial charge >= 0.3 is 0 Å². The van der Waals surface area contributed by atoms with Crippen LogP contribution in [0.1, 0.15) is 18.9 Å². The summed E-state index contributed by atoms with van der Waals surface area (Å²) < 4.78 is 0. The average molecular weight is 277 g/mol. The Kier molecular flexibility index (Phi) is 4.98. The fourth-order valence-electron chi connectivity index (χ4n) is 1.63. The summed E-state index contributed by atoms with van der Waals surface area (Å²) in [6, 6.07) is 9.66. The van der Waals surface area contributed by atoms with Crippen LogP contribution >= 0.6 is 11.6 Å². The van der Waals surface area contributed by atoms with Gasteiger partial charge < -0.3 is 10.6 Å². The standard InChI is InChI=1S/C14H17ClN4/c1-2-7-16-13-8-14(19-10-18-13)17-9-11-5-3-4-6-12(11)15/h3-6,8,10H,2,7,9H2,1H3,(H2,16,17,18,19). The van der Waals surface area contributed by atoms with Crippen LogP contribution in [0.4, 0.5) is 11.6 Å². The summed E-state index contributed by atoms with van der Waals surface area (Å²) in [6.45, 7) is 3.66. The number of benzene rings is 1. The van der Waals surface area contributed by atoms with Gasteiger partial charge in [-0.3, -0.25) is 0 Å². The zero-order chi connectivity index (χ0) is 13.5. The number of hydrogen-bond donors (Lipinski definition) is 2. The minimum atomic E-state index is 0.643. The van der Waals surface area contributed by atoms with E-state index in [1.807, 2.05) is 30.3 Å². The van der Waals surface area contributed by atoms with Gasteiger partial charge in [0.1, 0.15) is 18.0 Å². The van der Waals surface area contributed by atoms with Crippen LogP contribution in [0.5, 0.6) is 0 Å². The highest BCUT2D eigenvalue weighted by atomic mass is 35.5. The molecule has 0 saturated heterocycles. The van der Waals surface area contributed by atoms with E-state index >= 15 is 0 Å². The van der Waals surface area contributed by atoms with E-state index in [-0.39, 0.29) is 0 Å². The Morgan fingerprint density at radius 2 is 1.84 bits per heavy atom. The maximum absolute atomic E-state index is 6.11. The number of nitrogens with zero attached hydrogens (tertiary/aromatic N) is 2. The lowest BCUT2D eigenvalue weighted by atomic mass is 10.2. The molecule has 0 radical (unpaired) electrons. The highest BCUT2D eigenvalue weighted by Crippen LogP contribution is 2.16. The van der Waals surface area contributed by atoms with Crippen molar-refractivity contribution >= 4 is 23.2 Å². The van der Waals surface area contributed by atoms with E-state index in [4.69, 9.17) is 11.6 Å². The molecule has 0 bridgehead atoms. The van der Waals surface area contributed by atoms with Gasteiger partial charge in [-0.2, -0.15) is 0 Å². The van der Waals surface area contributed by atoms with Crippen molar-refractivity contribution in [1.29, 1.82) is 0 Å². The summed E-state index contributed by atoms with van der Waals surface area (Å²) in [5, 5.41) is 7.23. The molecule has 0 fully saturated rings. The molecule has 0 aliphatic heterocycles. The third-order valence-electron chi connectivity index (χ3n) is 2.64. The van der Waals surface area contributed by atoms with Crippen LogP contribution in [-0.2, 0) is 6.54 Å².